The van der Waals surface area contributed by atoms with Crippen molar-refractivity contribution in [2.45, 2.75) is 24.3 Å². The van der Waals surface area contributed by atoms with Crippen LogP contribution >= 0.6 is 0 Å². The molecule has 0 bridgehead atoms. The van der Waals surface area contributed by atoms with Gasteiger partial charge in [-0.05, 0) is 24.1 Å². The maximum atomic E-state index is 12.4. The van der Waals surface area contributed by atoms with Crippen molar-refractivity contribution in [3.05, 3.63) is 18.2 Å². The lowest BCUT2D eigenvalue weighted by Gasteiger charge is -2.47. The predicted octanol–water partition coefficient (Wildman–Crippen LogP) is 0.669. The minimum Gasteiger partial charge on any atom is -0.495 e. The van der Waals surface area contributed by atoms with E-state index in [9.17, 15) is 13.5 Å². The largest absolute Gasteiger partial charge is 0.495 e. The normalized spacial score (nSPS) is 18.9. The molecule has 1 saturated heterocycles. The SMILES string of the molecule is COc1ccc(S(=O)(=O)N2CC(O)(C(C)C)C2)cc1N. The number of nitrogen functional groups attached to an aromatic ring is 1. The second-order valence-corrected chi connectivity index (χ2v) is 7.37. The van der Waals surface area contributed by atoms with Crippen molar-refractivity contribution in [2.75, 3.05) is 25.9 Å². The van der Waals surface area contributed by atoms with E-state index in [2.05, 4.69) is 0 Å². The molecule has 7 heteroatoms. The van der Waals surface area contributed by atoms with Crippen molar-refractivity contribution in [3.63, 3.8) is 0 Å². The Morgan fingerprint density at radius 1 is 1.40 bits per heavy atom. The number of β-amino-alcohol motifs (C(OH)–C–C–N with tert-alkyl or cyclic N) is 1. The molecule has 2 rings (SSSR count). The number of methoxy groups -OCH3 is 1. The zero-order valence-corrected chi connectivity index (χ0v) is 12.6. The summed E-state index contributed by atoms with van der Waals surface area (Å²) < 4.78 is 31.1. The molecule has 0 spiro atoms. The van der Waals surface area contributed by atoms with Crippen LogP contribution in [0, 0.1) is 5.92 Å². The Morgan fingerprint density at radius 3 is 2.45 bits per heavy atom. The van der Waals surface area contributed by atoms with E-state index in [1.165, 1.54) is 29.6 Å². The fourth-order valence-electron chi connectivity index (χ4n) is 2.12. The van der Waals surface area contributed by atoms with Gasteiger partial charge in [-0.25, -0.2) is 8.42 Å². The number of benzene rings is 1. The Hall–Kier alpha value is -1.31. The Morgan fingerprint density at radius 2 is 2.00 bits per heavy atom. The van der Waals surface area contributed by atoms with E-state index in [0.717, 1.165) is 0 Å². The van der Waals surface area contributed by atoms with Gasteiger partial charge in [-0.3, -0.25) is 0 Å². The molecule has 3 N–H and O–H groups in total. The Bertz CT molecular complexity index is 607. The standard InChI is InChI=1S/C13H20N2O4S/c1-9(2)13(16)7-15(8-13)20(17,18)10-4-5-12(19-3)11(14)6-10/h4-6,9,16H,7-8,14H2,1-3H3. The van der Waals surface area contributed by atoms with Gasteiger partial charge in [0.15, 0.2) is 0 Å². The number of nitrogens with zero attached hydrogens (tertiary/aromatic N) is 1. The molecular weight excluding hydrogens is 280 g/mol. The van der Waals surface area contributed by atoms with Crippen LogP contribution in [-0.2, 0) is 10.0 Å². The first-order valence-electron chi connectivity index (χ1n) is 6.37. The predicted molar refractivity (Wildman–Crippen MR) is 76.0 cm³/mol. The molecule has 1 aliphatic heterocycles. The van der Waals surface area contributed by atoms with Crippen molar-refractivity contribution in [3.8, 4) is 5.75 Å². The second-order valence-electron chi connectivity index (χ2n) is 5.44. The minimum absolute atomic E-state index is 0.00915. The van der Waals surface area contributed by atoms with Gasteiger partial charge >= 0.3 is 0 Å². The molecule has 1 heterocycles. The van der Waals surface area contributed by atoms with Crippen LogP contribution in [0.2, 0.25) is 0 Å². The molecule has 0 unspecified atom stereocenters. The third kappa shape index (κ3) is 2.36. The number of hydrogen-bond acceptors (Lipinski definition) is 5. The molecule has 0 radical (unpaired) electrons. The van der Waals surface area contributed by atoms with E-state index in [-0.39, 0.29) is 29.6 Å². The highest BCUT2D eigenvalue weighted by molar-refractivity contribution is 7.89. The molecule has 1 aliphatic rings. The summed E-state index contributed by atoms with van der Waals surface area (Å²) in [6.07, 6.45) is 0. The van der Waals surface area contributed by atoms with Crippen LogP contribution in [0.1, 0.15) is 13.8 Å². The molecule has 0 aliphatic carbocycles. The molecule has 20 heavy (non-hydrogen) atoms. The van der Waals surface area contributed by atoms with E-state index in [0.29, 0.717) is 5.75 Å². The summed E-state index contributed by atoms with van der Waals surface area (Å²) in [7, 11) is -2.15. The average molecular weight is 300 g/mol. The molecule has 0 aromatic heterocycles. The molecular formula is C13H20N2O4S. The number of rotatable bonds is 4. The van der Waals surface area contributed by atoms with Gasteiger partial charge in [0.25, 0.3) is 0 Å². The van der Waals surface area contributed by atoms with Gasteiger partial charge in [-0.2, -0.15) is 4.31 Å². The number of sulfonamides is 1. The summed E-state index contributed by atoms with van der Waals surface area (Å²) in [5.41, 5.74) is 5.06. The highest BCUT2D eigenvalue weighted by atomic mass is 32.2. The van der Waals surface area contributed by atoms with E-state index in [1.54, 1.807) is 0 Å². The van der Waals surface area contributed by atoms with Crippen LogP contribution in [0.5, 0.6) is 5.75 Å². The fourth-order valence-corrected chi connectivity index (χ4v) is 3.72. The lowest BCUT2D eigenvalue weighted by molar-refractivity contribution is -0.0932. The first kappa shape index (κ1) is 15.1. The summed E-state index contributed by atoms with van der Waals surface area (Å²) in [6.45, 7) is 3.96. The van der Waals surface area contributed by atoms with Crippen molar-refractivity contribution < 1.29 is 18.3 Å². The summed E-state index contributed by atoms with van der Waals surface area (Å²) in [5, 5.41) is 10.2. The van der Waals surface area contributed by atoms with Crippen LogP contribution in [0.3, 0.4) is 0 Å². The number of ether oxygens (including phenoxy) is 1. The quantitative estimate of drug-likeness (QED) is 0.797. The third-order valence-electron chi connectivity index (χ3n) is 3.81. The topological polar surface area (TPSA) is 92.9 Å². The van der Waals surface area contributed by atoms with Gasteiger partial charge < -0.3 is 15.6 Å². The summed E-state index contributed by atoms with van der Waals surface area (Å²) >= 11 is 0. The maximum absolute atomic E-state index is 12.4. The van der Waals surface area contributed by atoms with Crippen LogP contribution in [0.15, 0.2) is 23.1 Å². The van der Waals surface area contributed by atoms with Gasteiger partial charge in [-0.1, -0.05) is 13.8 Å². The highest BCUT2D eigenvalue weighted by Gasteiger charge is 2.49. The smallest absolute Gasteiger partial charge is 0.243 e. The first-order chi connectivity index (χ1) is 9.20. The van der Waals surface area contributed by atoms with E-state index in [1.807, 2.05) is 13.8 Å². The number of hydrogen-bond donors (Lipinski definition) is 2. The molecule has 1 aromatic carbocycles. The van der Waals surface area contributed by atoms with Gasteiger partial charge in [0.05, 0.1) is 23.3 Å². The Balaban J connectivity index is 2.23. The molecule has 0 amide bonds. The van der Waals surface area contributed by atoms with Crippen molar-refractivity contribution in [1.82, 2.24) is 4.31 Å². The molecule has 1 aromatic rings. The first-order valence-corrected chi connectivity index (χ1v) is 7.81. The van der Waals surface area contributed by atoms with E-state index < -0.39 is 15.6 Å². The lowest BCUT2D eigenvalue weighted by Crippen LogP contribution is -2.65. The van der Waals surface area contributed by atoms with Crippen molar-refractivity contribution >= 4 is 15.7 Å². The highest BCUT2D eigenvalue weighted by Crippen LogP contribution is 2.34. The number of nitrogens with two attached hydrogens (primary N) is 1. The average Bonchev–Trinajstić information content (AvgIpc) is 2.34. The van der Waals surface area contributed by atoms with Crippen LogP contribution in [-0.4, -0.2) is 43.6 Å². The van der Waals surface area contributed by atoms with E-state index >= 15 is 0 Å². The monoisotopic (exact) mass is 300 g/mol. The van der Waals surface area contributed by atoms with Crippen LogP contribution < -0.4 is 10.5 Å². The van der Waals surface area contributed by atoms with Gasteiger partial charge in [-0.15, -0.1) is 0 Å². The van der Waals surface area contributed by atoms with Crippen LogP contribution in [0.4, 0.5) is 5.69 Å². The number of aliphatic hydroxyl groups is 1. The Labute approximate surface area is 119 Å². The summed E-state index contributed by atoms with van der Waals surface area (Å²) in [6, 6.07) is 4.36. The molecule has 0 atom stereocenters. The molecule has 0 saturated carbocycles. The van der Waals surface area contributed by atoms with E-state index in [4.69, 9.17) is 10.5 Å². The second kappa shape index (κ2) is 4.91. The lowest BCUT2D eigenvalue weighted by atomic mass is 9.85. The summed E-state index contributed by atoms with van der Waals surface area (Å²) in [5.74, 6) is 0.445. The van der Waals surface area contributed by atoms with Gasteiger partial charge in [0.2, 0.25) is 10.0 Å². The zero-order chi connectivity index (χ0) is 15.1. The third-order valence-corrected chi connectivity index (χ3v) is 5.60. The fraction of sp³-hybridized carbons (Fsp3) is 0.538. The van der Waals surface area contributed by atoms with Crippen LogP contribution in [0.25, 0.3) is 0 Å². The minimum atomic E-state index is -3.62. The van der Waals surface area contributed by atoms with Crippen molar-refractivity contribution in [1.29, 1.82) is 0 Å². The zero-order valence-electron chi connectivity index (χ0n) is 11.8. The maximum Gasteiger partial charge on any atom is 0.243 e. The molecule has 1 fully saturated rings. The number of anilines is 1. The Kier molecular flexibility index (Phi) is 3.70. The summed E-state index contributed by atoms with van der Waals surface area (Å²) in [4.78, 5) is 0.113. The molecule has 6 nitrogen and oxygen atoms in total. The van der Waals surface area contributed by atoms with Gasteiger partial charge in [0, 0.05) is 13.1 Å². The van der Waals surface area contributed by atoms with Gasteiger partial charge in [0.1, 0.15) is 5.75 Å². The molecule has 112 valence electrons. The van der Waals surface area contributed by atoms with Crippen molar-refractivity contribution in [2.24, 2.45) is 5.92 Å².